The average Bonchev–Trinajstić information content (AvgIpc) is 2.89. The van der Waals surface area contributed by atoms with Gasteiger partial charge in [0.1, 0.15) is 0 Å². The Morgan fingerprint density at radius 1 is 1.50 bits per heavy atom. The largest absolute Gasteiger partial charge is 0.302 e. The number of amides is 1. The molecule has 2 rings (SSSR count). The molecule has 1 aliphatic heterocycles. The van der Waals surface area contributed by atoms with Gasteiger partial charge in [0.05, 0.1) is 18.2 Å². The molecular formula is C13H11N3OS. The standard InChI is InChI=1S/C13H11N3OS/c14-9-11-4-2-1-3-10(11)5-6-12(17)16-13-15-7-8-18-13/h1-6H,7-8H2,(H,15,16,17)/b6-5+. The molecule has 0 atom stereocenters. The van der Waals surface area contributed by atoms with E-state index in [9.17, 15) is 4.79 Å². The molecule has 18 heavy (non-hydrogen) atoms. The third-order valence-corrected chi connectivity index (χ3v) is 3.20. The van der Waals surface area contributed by atoms with Gasteiger partial charge in [-0.05, 0) is 17.7 Å². The molecule has 0 fully saturated rings. The molecule has 1 amide bonds. The Morgan fingerprint density at radius 3 is 3.06 bits per heavy atom. The van der Waals surface area contributed by atoms with Gasteiger partial charge in [0.2, 0.25) is 5.91 Å². The summed E-state index contributed by atoms with van der Waals surface area (Å²) >= 11 is 1.53. The summed E-state index contributed by atoms with van der Waals surface area (Å²) in [5.41, 5.74) is 1.28. The number of carbonyl (C=O) groups is 1. The first-order chi connectivity index (χ1) is 8.79. The first kappa shape index (κ1) is 12.4. The number of hydrogen-bond donors (Lipinski definition) is 1. The van der Waals surface area contributed by atoms with Crippen molar-refractivity contribution in [1.29, 1.82) is 5.26 Å². The third-order valence-electron chi connectivity index (χ3n) is 2.31. The minimum absolute atomic E-state index is 0.226. The zero-order chi connectivity index (χ0) is 12.8. The Kier molecular flexibility index (Phi) is 4.15. The Labute approximate surface area is 109 Å². The van der Waals surface area contributed by atoms with E-state index in [1.807, 2.05) is 6.07 Å². The maximum absolute atomic E-state index is 11.6. The van der Waals surface area contributed by atoms with Crippen molar-refractivity contribution < 1.29 is 4.79 Å². The van der Waals surface area contributed by atoms with E-state index in [-0.39, 0.29) is 5.91 Å². The fourth-order valence-electron chi connectivity index (χ4n) is 1.47. The van der Waals surface area contributed by atoms with Crippen LogP contribution in [-0.2, 0) is 4.79 Å². The predicted molar refractivity (Wildman–Crippen MR) is 73.1 cm³/mol. The van der Waals surface area contributed by atoms with Crippen LogP contribution in [0.3, 0.4) is 0 Å². The Hall–Kier alpha value is -2.06. The highest BCUT2D eigenvalue weighted by Gasteiger charge is 2.08. The number of carbonyl (C=O) groups excluding carboxylic acids is 1. The van der Waals surface area contributed by atoms with Crippen molar-refractivity contribution in [2.24, 2.45) is 4.99 Å². The van der Waals surface area contributed by atoms with Crippen LogP contribution in [0.1, 0.15) is 11.1 Å². The van der Waals surface area contributed by atoms with E-state index in [2.05, 4.69) is 16.4 Å². The van der Waals surface area contributed by atoms with E-state index in [4.69, 9.17) is 5.26 Å². The lowest BCUT2D eigenvalue weighted by Gasteiger charge is -1.99. The lowest BCUT2D eigenvalue weighted by atomic mass is 10.1. The van der Waals surface area contributed by atoms with Gasteiger partial charge in [0.15, 0.2) is 5.17 Å². The van der Waals surface area contributed by atoms with Crippen LogP contribution in [0, 0.1) is 11.3 Å². The summed E-state index contributed by atoms with van der Waals surface area (Å²) in [5, 5.41) is 12.3. The monoisotopic (exact) mass is 257 g/mol. The number of hydrogen-bond acceptors (Lipinski definition) is 4. The molecule has 0 spiro atoms. The molecule has 0 saturated heterocycles. The number of rotatable bonds is 2. The number of aliphatic imine (C=N–C) groups is 1. The smallest absolute Gasteiger partial charge is 0.249 e. The number of nitriles is 1. The van der Waals surface area contributed by atoms with Crippen LogP contribution >= 0.6 is 11.8 Å². The van der Waals surface area contributed by atoms with Crippen molar-refractivity contribution in [1.82, 2.24) is 5.32 Å². The van der Waals surface area contributed by atoms with E-state index >= 15 is 0 Å². The molecule has 1 heterocycles. The van der Waals surface area contributed by atoms with E-state index < -0.39 is 0 Å². The number of nitrogens with one attached hydrogen (secondary N) is 1. The average molecular weight is 257 g/mol. The molecule has 5 heteroatoms. The number of nitrogens with zero attached hydrogens (tertiary/aromatic N) is 2. The summed E-state index contributed by atoms with van der Waals surface area (Å²) < 4.78 is 0. The van der Waals surface area contributed by atoms with Gasteiger partial charge in [-0.2, -0.15) is 5.26 Å². The minimum Gasteiger partial charge on any atom is -0.302 e. The van der Waals surface area contributed by atoms with E-state index in [1.165, 1.54) is 17.8 Å². The lowest BCUT2D eigenvalue weighted by molar-refractivity contribution is -0.115. The Balaban J connectivity index is 2.02. The van der Waals surface area contributed by atoms with E-state index in [0.717, 1.165) is 17.9 Å². The van der Waals surface area contributed by atoms with Gasteiger partial charge in [-0.25, -0.2) is 0 Å². The normalized spacial score (nSPS) is 14.3. The maximum Gasteiger partial charge on any atom is 0.249 e. The van der Waals surface area contributed by atoms with Crippen molar-refractivity contribution in [2.45, 2.75) is 0 Å². The predicted octanol–water partition coefficient (Wildman–Crippen LogP) is 1.79. The summed E-state index contributed by atoms with van der Waals surface area (Å²) in [6, 6.07) is 9.21. The highest BCUT2D eigenvalue weighted by Crippen LogP contribution is 2.10. The molecule has 0 radical (unpaired) electrons. The maximum atomic E-state index is 11.6. The zero-order valence-electron chi connectivity index (χ0n) is 9.59. The van der Waals surface area contributed by atoms with Gasteiger partial charge >= 0.3 is 0 Å². The number of amidine groups is 1. The van der Waals surface area contributed by atoms with Crippen LogP contribution in [0.15, 0.2) is 35.3 Å². The molecule has 1 aromatic rings. The molecule has 0 unspecified atom stereocenters. The van der Waals surface area contributed by atoms with Crippen LogP contribution in [0.4, 0.5) is 0 Å². The minimum atomic E-state index is -0.226. The summed E-state index contributed by atoms with van der Waals surface area (Å²) in [5.74, 6) is 0.687. The van der Waals surface area contributed by atoms with Gasteiger partial charge in [0, 0.05) is 11.8 Å². The second kappa shape index (κ2) is 6.03. The molecule has 0 aromatic heterocycles. The van der Waals surface area contributed by atoms with E-state index in [1.54, 1.807) is 24.3 Å². The van der Waals surface area contributed by atoms with Crippen LogP contribution in [0.2, 0.25) is 0 Å². The molecule has 90 valence electrons. The molecule has 1 aromatic carbocycles. The molecule has 1 aliphatic rings. The first-order valence-electron chi connectivity index (χ1n) is 5.45. The number of benzene rings is 1. The van der Waals surface area contributed by atoms with Gasteiger partial charge in [0.25, 0.3) is 0 Å². The van der Waals surface area contributed by atoms with E-state index in [0.29, 0.717) is 10.7 Å². The van der Waals surface area contributed by atoms with Gasteiger partial charge in [-0.15, -0.1) is 0 Å². The van der Waals surface area contributed by atoms with Crippen molar-refractivity contribution in [3.05, 3.63) is 41.5 Å². The van der Waals surface area contributed by atoms with Gasteiger partial charge < -0.3 is 5.32 Å². The summed E-state index contributed by atoms with van der Waals surface area (Å²) in [6.45, 7) is 0.751. The molecule has 4 nitrogen and oxygen atoms in total. The Bertz CT molecular complexity index is 558. The topological polar surface area (TPSA) is 65.2 Å². The van der Waals surface area contributed by atoms with Crippen molar-refractivity contribution in [2.75, 3.05) is 12.3 Å². The molecule has 0 aliphatic carbocycles. The Morgan fingerprint density at radius 2 is 2.33 bits per heavy atom. The summed E-state index contributed by atoms with van der Waals surface area (Å²) in [7, 11) is 0. The van der Waals surface area contributed by atoms with Crippen LogP contribution < -0.4 is 5.32 Å². The second-order valence-electron chi connectivity index (χ2n) is 3.56. The number of thioether (sulfide) groups is 1. The quantitative estimate of drug-likeness (QED) is 0.821. The molecular weight excluding hydrogens is 246 g/mol. The third kappa shape index (κ3) is 3.22. The SMILES string of the molecule is N#Cc1ccccc1/C=C/C(=O)NC1=NCCS1. The summed E-state index contributed by atoms with van der Waals surface area (Å²) in [6.07, 6.45) is 3.05. The highest BCUT2D eigenvalue weighted by atomic mass is 32.2. The second-order valence-corrected chi connectivity index (χ2v) is 4.64. The van der Waals surface area contributed by atoms with Crippen molar-refractivity contribution >= 4 is 28.9 Å². The van der Waals surface area contributed by atoms with Crippen LogP contribution in [0.5, 0.6) is 0 Å². The first-order valence-corrected chi connectivity index (χ1v) is 6.43. The van der Waals surface area contributed by atoms with Crippen LogP contribution in [0.25, 0.3) is 6.08 Å². The summed E-state index contributed by atoms with van der Waals surface area (Å²) in [4.78, 5) is 15.7. The fraction of sp³-hybridized carbons (Fsp3) is 0.154. The zero-order valence-corrected chi connectivity index (χ0v) is 10.4. The molecule has 0 saturated carbocycles. The van der Waals surface area contributed by atoms with Crippen molar-refractivity contribution in [3.8, 4) is 6.07 Å². The molecule has 0 bridgehead atoms. The highest BCUT2D eigenvalue weighted by molar-refractivity contribution is 8.14. The molecule has 1 N–H and O–H groups in total. The van der Waals surface area contributed by atoms with Crippen molar-refractivity contribution in [3.63, 3.8) is 0 Å². The fourth-order valence-corrected chi connectivity index (χ4v) is 2.20. The van der Waals surface area contributed by atoms with Crippen LogP contribution in [-0.4, -0.2) is 23.4 Å². The van der Waals surface area contributed by atoms with Gasteiger partial charge in [-0.3, -0.25) is 9.79 Å². The lowest BCUT2D eigenvalue weighted by Crippen LogP contribution is -2.25. The van der Waals surface area contributed by atoms with Gasteiger partial charge in [-0.1, -0.05) is 30.0 Å².